The fourth-order valence-corrected chi connectivity index (χ4v) is 1.05. The van der Waals surface area contributed by atoms with Gasteiger partial charge in [0.25, 0.3) is 6.43 Å². The molecule has 0 bridgehead atoms. The lowest BCUT2D eigenvalue weighted by atomic mass is 10.3. The number of hydrogen-bond acceptors (Lipinski definition) is 3. The van der Waals surface area contributed by atoms with Crippen LogP contribution in [0, 0.1) is 0 Å². The van der Waals surface area contributed by atoms with E-state index in [2.05, 4.69) is 9.72 Å². The number of hydrogen-bond donors (Lipinski definition) is 1. The van der Waals surface area contributed by atoms with Crippen LogP contribution in [0.2, 0.25) is 5.02 Å². The van der Waals surface area contributed by atoms with Crippen LogP contribution < -0.4 is 10.5 Å². The predicted octanol–water partition coefficient (Wildman–Crippen LogP) is 2.26. The van der Waals surface area contributed by atoms with Gasteiger partial charge in [-0.3, -0.25) is 0 Å². The molecule has 1 heterocycles. The quantitative estimate of drug-likeness (QED) is 0.811. The van der Waals surface area contributed by atoms with Crippen LogP contribution in [0.15, 0.2) is 6.07 Å². The Bertz CT molecular complexity index is 320. The van der Waals surface area contributed by atoms with Crippen molar-refractivity contribution >= 4 is 17.3 Å². The second-order valence-electron chi connectivity index (χ2n) is 2.25. The molecule has 0 aliphatic carbocycles. The van der Waals surface area contributed by atoms with Crippen LogP contribution in [0.1, 0.15) is 12.1 Å². The van der Waals surface area contributed by atoms with Crippen LogP contribution in [0.4, 0.5) is 14.5 Å². The van der Waals surface area contributed by atoms with E-state index in [0.29, 0.717) is 0 Å². The lowest BCUT2D eigenvalue weighted by Gasteiger charge is -2.07. The Morgan fingerprint density at radius 3 is 2.69 bits per heavy atom. The highest BCUT2D eigenvalue weighted by atomic mass is 35.5. The molecule has 1 aromatic heterocycles. The number of nitrogen functional groups attached to an aromatic ring is 1. The van der Waals surface area contributed by atoms with Crippen LogP contribution >= 0.6 is 11.6 Å². The molecule has 0 radical (unpaired) electrons. The number of nitrogens with zero attached hydrogens (tertiary/aromatic N) is 1. The fraction of sp³-hybridized carbons (Fsp3) is 0.286. The summed E-state index contributed by atoms with van der Waals surface area (Å²) in [4.78, 5) is 3.46. The minimum absolute atomic E-state index is 0.0498. The summed E-state index contributed by atoms with van der Waals surface area (Å²) in [6, 6.07) is 1.19. The number of aromatic nitrogens is 1. The van der Waals surface area contributed by atoms with E-state index in [1.807, 2.05) is 0 Å². The Balaban J connectivity index is 3.22. The molecule has 0 unspecified atom stereocenters. The number of ether oxygens (including phenoxy) is 1. The Kier molecular flexibility index (Phi) is 2.87. The Hall–Kier alpha value is -1.10. The van der Waals surface area contributed by atoms with Crippen molar-refractivity contribution in [2.45, 2.75) is 6.43 Å². The van der Waals surface area contributed by atoms with Gasteiger partial charge in [0.05, 0.1) is 12.8 Å². The smallest absolute Gasteiger partial charge is 0.282 e. The molecule has 0 spiro atoms. The van der Waals surface area contributed by atoms with Gasteiger partial charge in [-0.05, 0) is 6.07 Å². The van der Waals surface area contributed by atoms with E-state index in [4.69, 9.17) is 17.3 Å². The van der Waals surface area contributed by atoms with Gasteiger partial charge >= 0.3 is 0 Å². The Morgan fingerprint density at radius 2 is 2.23 bits per heavy atom. The Morgan fingerprint density at radius 1 is 1.62 bits per heavy atom. The molecule has 0 amide bonds. The van der Waals surface area contributed by atoms with Crippen LogP contribution in [-0.2, 0) is 0 Å². The van der Waals surface area contributed by atoms with Gasteiger partial charge in [0.15, 0.2) is 0 Å². The van der Waals surface area contributed by atoms with Gasteiger partial charge in [0.2, 0.25) is 5.88 Å². The van der Waals surface area contributed by atoms with Crippen LogP contribution in [0.25, 0.3) is 0 Å². The van der Waals surface area contributed by atoms with Crippen molar-refractivity contribution in [1.82, 2.24) is 4.98 Å². The number of halogens is 3. The zero-order valence-corrected chi connectivity index (χ0v) is 7.48. The SMILES string of the molecule is COc1nc(C(F)F)c(N)cc1Cl. The molecule has 1 rings (SSSR count). The van der Waals surface area contributed by atoms with E-state index < -0.39 is 12.1 Å². The third kappa shape index (κ3) is 1.98. The Labute approximate surface area is 78.5 Å². The molecule has 0 saturated heterocycles. The molecule has 0 atom stereocenters. The molecular weight excluding hydrogens is 202 g/mol. The average molecular weight is 209 g/mol. The van der Waals surface area contributed by atoms with E-state index >= 15 is 0 Å². The number of anilines is 1. The summed E-state index contributed by atoms with van der Waals surface area (Å²) in [5.41, 5.74) is 4.61. The van der Waals surface area contributed by atoms with Gasteiger partial charge in [0, 0.05) is 0 Å². The van der Waals surface area contributed by atoms with Crippen LogP contribution in [-0.4, -0.2) is 12.1 Å². The predicted molar refractivity (Wildman–Crippen MR) is 45.2 cm³/mol. The summed E-state index contributed by atoms with van der Waals surface area (Å²) in [7, 11) is 1.29. The number of methoxy groups -OCH3 is 1. The summed E-state index contributed by atoms with van der Waals surface area (Å²) < 4.78 is 29.1. The molecular formula is C7H7ClF2N2O. The molecule has 2 N–H and O–H groups in total. The number of rotatable bonds is 2. The van der Waals surface area contributed by atoms with Crippen molar-refractivity contribution < 1.29 is 13.5 Å². The largest absolute Gasteiger partial charge is 0.480 e. The number of alkyl halides is 2. The molecule has 13 heavy (non-hydrogen) atoms. The topological polar surface area (TPSA) is 48.1 Å². The summed E-state index contributed by atoms with van der Waals surface area (Å²) in [5, 5.41) is 0.115. The summed E-state index contributed by atoms with van der Waals surface area (Å²) >= 11 is 5.59. The minimum atomic E-state index is -2.73. The van der Waals surface area contributed by atoms with E-state index in [0.717, 1.165) is 0 Å². The molecule has 0 aliphatic heterocycles. The van der Waals surface area contributed by atoms with E-state index in [9.17, 15) is 8.78 Å². The van der Waals surface area contributed by atoms with Crippen LogP contribution in [0.3, 0.4) is 0 Å². The maximum absolute atomic E-state index is 12.2. The monoisotopic (exact) mass is 208 g/mol. The fourth-order valence-electron chi connectivity index (χ4n) is 0.817. The van der Waals surface area contributed by atoms with Gasteiger partial charge in [-0.15, -0.1) is 0 Å². The first kappa shape index (κ1) is 9.98. The van der Waals surface area contributed by atoms with Crippen LogP contribution in [0.5, 0.6) is 5.88 Å². The molecule has 6 heteroatoms. The van der Waals surface area contributed by atoms with Crippen molar-refractivity contribution in [3.63, 3.8) is 0 Å². The number of pyridine rings is 1. The lowest BCUT2D eigenvalue weighted by Crippen LogP contribution is -2.01. The molecule has 0 aliphatic rings. The first-order valence-electron chi connectivity index (χ1n) is 3.34. The minimum Gasteiger partial charge on any atom is -0.480 e. The van der Waals surface area contributed by atoms with Gasteiger partial charge in [0.1, 0.15) is 10.7 Å². The highest BCUT2D eigenvalue weighted by Crippen LogP contribution is 2.30. The van der Waals surface area contributed by atoms with Gasteiger partial charge < -0.3 is 10.5 Å². The molecule has 1 aromatic rings. The molecule has 0 fully saturated rings. The molecule has 0 saturated carbocycles. The second-order valence-corrected chi connectivity index (χ2v) is 2.66. The zero-order chi connectivity index (χ0) is 10.0. The van der Waals surface area contributed by atoms with E-state index in [-0.39, 0.29) is 16.6 Å². The summed E-state index contributed by atoms with van der Waals surface area (Å²) in [6.07, 6.45) is -2.73. The average Bonchev–Trinajstić information content (AvgIpc) is 2.03. The highest BCUT2D eigenvalue weighted by Gasteiger charge is 2.16. The summed E-state index contributed by atoms with van der Waals surface area (Å²) in [6.45, 7) is 0. The molecule has 72 valence electrons. The third-order valence-corrected chi connectivity index (χ3v) is 1.68. The van der Waals surface area contributed by atoms with Gasteiger partial charge in [-0.25, -0.2) is 13.8 Å². The normalized spacial score (nSPS) is 10.5. The standard InChI is InChI=1S/C7H7ClF2N2O/c1-13-7-3(8)2-4(11)5(12-7)6(9)10/h2,6H,11H2,1H3. The maximum atomic E-state index is 12.2. The molecule has 0 aromatic carbocycles. The van der Waals surface area contributed by atoms with Crippen molar-refractivity contribution in [3.8, 4) is 5.88 Å². The van der Waals surface area contributed by atoms with Crippen molar-refractivity contribution in [3.05, 3.63) is 16.8 Å². The van der Waals surface area contributed by atoms with E-state index in [1.165, 1.54) is 13.2 Å². The van der Waals surface area contributed by atoms with Crippen molar-refractivity contribution in [1.29, 1.82) is 0 Å². The number of nitrogens with two attached hydrogens (primary N) is 1. The highest BCUT2D eigenvalue weighted by molar-refractivity contribution is 6.32. The van der Waals surface area contributed by atoms with Gasteiger partial charge in [-0.1, -0.05) is 11.6 Å². The van der Waals surface area contributed by atoms with E-state index in [1.54, 1.807) is 0 Å². The zero-order valence-electron chi connectivity index (χ0n) is 6.72. The summed E-state index contributed by atoms with van der Waals surface area (Å²) in [5.74, 6) is -0.0498. The maximum Gasteiger partial charge on any atom is 0.282 e. The third-order valence-electron chi connectivity index (χ3n) is 1.40. The van der Waals surface area contributed by atoms with Crippen molar-refractivity contribution in [2.24, 2.45) is 0 Å². The van der Waals surface area contributed by atoms with Crippen molar-refractivity contribution in [2.75, 3.05) is 12.8 Å². The van der Waals surface area contributed by atoms with Gasteiger partial charge in [-0.2, -0.15) is 0 Å². The lowest BCUT2D eigenvalue weighted by molar-refractivity contribution is 0.146. The second kappa shape index (κ2) is 3.74. The first-order chi connectivity index (χ1) is 6.06. The first-order valence-corrected chi connectivity index (χ1v) is 3.72. The molecule has 3 nitrogen and oxygen atoms in total.